The Morgan fingerprint density at radius 3 is 1.20 bits per heavy atom. The number of hydrogen-bond donors (Lipinski definition) is 4. The summed E-state index contributed by atoms with van der Waals surface area (Å²) >= 11 is 0. The molecule has 0 bridgehead atoms. The molecule has 3 unspecified atom stereocenters. The highest BCUT2D eigenvalue weighted by atomic mass is 16.3. The number of carbonyl (C=O) groups excluding carboxylic acids is 1. The van der Waals surface area contributed by atoms with Crippen molar-refractivity contribution in [1.82, 2.24) is 5.32 Å². The van der Waals surface area contributed by atoms with Gasteiger partial charge < -0.3 is 20.6 Å². The van der Waals surface area contributed by atoms with Crippen LogP contribution in [-0.2, 0) is 4.79 Å². The Labute approximate surface area is 367 Å². The van der Waals surface area contributed by atoms with Crippen molar-refractivity contribution in [2.24, 2.45) is 0 Å². The van der Waals surface area contributed by atoms with Crippen LogP contribution in [0.4, 0.5) is 0 Å². The van der Waals surface area contributed by atoms with Crippen LogP contribution in [-0.4, -0.2) is 46.1 Å². The molecule has 0 aliphatic rings. The van der Waals surface area contributed by atoms with Crippen LogP contribution in [0.3, 0.4) is 0 Å². The van der Waals surface area contributed by atoms with Crippen molar-refractivity contribution >= 4 is 5.91 Å². The third-order valence-electron chi connectivity index (χ3n) is 11.9. The number of aliphatic hydroxyl groups excluding tert-OH is 3. The van der Waals surface area contributed by atoms with Gasteiger partial charge in [-0.1, -0.05) is 229 Å². The molecule has 4 N–H and O–H groups in total. The number of amides is 1. The molecule has 0 aliphatic heterocycles. The number of rotatable bonds is 47. The minimum atomic E-state index is -1.17. The molecule has 0 aliphatic carbocycles. The average Bonchev–Trinajstić information content (AvgIpc) is 3.24. The Kier molecular flexibility index (Phi) is 47.6. The molecule has 1 amide bonds. The van der Waals surface area contributed by atoms with Crippen LogP contribution in [0.1, 0.15) is 264 Å². The Morgan fingerprint density at radius 1 is 0.424 bits per heavy atom. The molecular formula is C54H101NO4. The van der Waals surface area contributed by atoms with Gasteiger partial charge >= 0.3 is 0 Å². The average molecular weight is 828 g/mol. The lowest BCUT2D eigenvalue weighted by Gasteiger charge is -2.26. The summed E-state index contributed by atoms with van der Waals surface area (Å²) in [4.78, 5) is 12.4. The van der Waals surface area contributed by atoms with Crippen LogP contribution in [0.15, 0.2) is 48.6 Å². The SMILES string of the molecule is CCC/C=C/CC/C=C/CCCC(O)C(O)C(CO)NC(=O)CCCCCCCCCCCCCCCCCCC/C=C\C/C=C\CCCCCCCCCCCCC. The topological polar surface area (TPSA) is 89.8 Å². The second-order valence-electron chi connectivity index (χ2n) is 17.7. The number of hydrogen-bond acceptors (Lipinski definition) is 4. The molecule has 5 heteroatoms. The molecule has 0 heterocycles. The Morgan fingerprint density at radius 2 is 0.780 bits per heavy atom. The lowest BCUT2D eigenvalue weighted by molar-refractivity contribution is -0.124. The number of carbonyl (C=O) groups is 1. The number of nitrogens with one attached hydrogen (secondary N) is 1. The molecule has 0 radical (unpaired) electrons. The maximum atomic E-state index is 12.4. The van der Waals surface area contributed by atoms with E-state index in [0.29, 0.717) is 12.8 Å². The standard InChI is InChI=1S/C54H101NO4/c1-3-5-7-9-11-13-15-16-17-18-19-20-21-22-23-24-25-26-27-28-29-30-31-32-33-34-35-36-37-38-39-41-43-45-47-49-53(58)55-51(50-56)54(59)52(57)48-46-44-42-40-14-12-10-8-6-4-2/h8,10,21-22,24-25,40,42,51-52,54,56-57,59H,3-7,9,11-20,23,26-39,41,43-50H2,1-2H3,(H,55,58)/b10-8+,22-21-,25-24-,42-40+. The van der Waals surface area contributed by atoms with Gasteiger partial charge in [0.15, 0.2) is 0 Å². The Balaban J connectivity index is 3.48. The van der Waals surface area contributed by atoms with Gasteiger partial charge in [-0.05, 0) is 77.0 Å². The predicted molar refractivity (Wildman–Crippen MR) is 259 cm³/mol. The van der Waals surface area contributed by atoms with Crippen LogP contribution in [0.25, 0.3) is 0 Å². The van der Waals surface area contributed by atoms with Gasteiger partial charge in [0.1, 0.15) is 6.10 Å². The van der Waals surface area contributed by atoms with Crippen molar-refractivity contribution in [1.29, 1.82) is 0 Å². The molecular weight excluding hydrogens is 727 g/mol. The van der Waals surface area contributed by atoms with Gasteiger partial charge in [0.2, 0.25) is 5.91 Å². The first-order valence-electron chi connectivity index (χ1n) is 25.9. The summed E-state index contributed by atoms with van der Waals surface area (Å²) in [6.45, 7) is 4.09. The highest BCUT2D eigenvalue weighted by Crippen LogP contribution is 2.16. The number of allylic oxidation sites excluding steroid dienone is 8. The maximum Gasteiger partial charge on any atom is 0.220 e. The van der Waals surface area contributed by atoms with Crippen LogP contribution in [0, 0.1) is 0 Å². The Hall–Kier alpha value is -1.69. The van der Waals surface area contributed by atoms with Gasteiger partial charge in [0.05, 0.1) is 18.8 Å². The number of aliphatic hydroxyl groups is 3. The van der Waals surface area contributed by atoms with Gasteiger partial charge in [-0.2, -0.15) is 0 Å². The molecule has 0 aromatic heterocycles. The fourth-order valence-electron chi connectivity index (χ4n) is 7.86. The fraction of sp³-hybridized carbons (Fsp3) is 0.833. The molecule has 59 heavy (non-hydrogen) atoms. The van der Waals surface area contributed by atoms with E-state index >= 15 is 0 Å². The van der Waals surface area contributed by atoms with Gasteiger partial charge in [-0.15, -0.1) is 0 Å². The van der Waals surface area contributed by atoms with E-state index in [2.05, 4.69) is 67.8 Å². The molecule has 0 aromatic carbocycles. The zero-order valence-electron chi connectivity index (χ0n) is 39.4. The first-order valence-corrected chi connectivity index (χ1v) is 25.9. The van der Waals surface area contributed by atoms with E-state index in [0.717, 1.165) is 57.8 Å². The first kappa shape index (κ1) is 57.3. The summed E-state index contributed by atoms with van der Waals surface area (Å²) in [7, 11) is 0. The minimum absolute atomic E-state index is 0.159. The van der Waals surface area contributed by atoms with Crippen molar-refractivity contribution in [2.75, 3.05) is 6.61 Å². The molecule has 0 spiro atoms. The highest BCUT2D eigenvalue weighted by molar-refractivity contribution is 5.76. The normalized spacial score (nSPS) is 13.8. The van der Waals surface area contributed by atoms with E-state index in [1.807, 2.05) is 0 Å². The van der Waals surface area contributed by atoms with E-state index < -0.39 is 18.2 Å². The van der Waals surface area contributed by atoms with Crippen molar-refractivity contribution in [2.45, 2.75) is 283 Å². The third kappa shape index (κ3) is 44.2. The van der Waals surface area contributed by atoms with Gasteiger partial charge in [-0.25, -0.2) is 0 Å². The number of unbranched alkanes of at least 4 members (excludes halogenated alkanes) is 31. The second-order valence-corrected chi connectivity index (χ2v) is 17.7. The second kappa shape index (κ2) is 49.0. The molecule has 0 fully saturated rings. The molecule has 0 saturated heterocycles. The van der Waals surface area contributed by atoms with E-state index in [1.165, 1.54) is 180 Å². The first-order chi connectivity index (χ1) is 29.1. The fourth-order valence-corrected chi connectivity index (χ4v) is 7.86. The van der Waals surface area contributed by atoms with Crippen molar-refractivity contribution in [3.8, 4) is 0 Å². The third-order valence-corrected chi connectivity index (χ3v) is 11.9. The molecule has 3 atom stereocenters. The molecule has 0 rings (SSSR count). The summed E-state index contributed by atoms with van der Waals surface area (Å²) in [6, 6.07) is -0.831. The van der Waals surface area contributed by atoms with Gasteiger partial charge in [-0.3, -0.25) is 4.79 Å². The van der Waals surface area contributed by atoms with E-state index in [1.54, 1.807) is 0 Å². The molecule has 5 nitrogen and oxygen atoms in total. The summed E-state index contributed by atoms with van der Waals surface area (Å²) in [5, 5.41) is 33.4. The zero-order chi connectivity index (χ0) is 43.0. The lowest BCUT2D eigenvalue weighted by atomic mass is 10.0. The summed E-state index contributed by atoms with van der Waals surface area (Å²) < 4.78 is 0. The molecule has 346 valence electrons. The zero-order valence-corrected chi connectivity index (χ0v) is 39.4. The summed E-state index contributed by atoms with van der Waals surface area (Å²) in [5.74, 6) is -0.159. The molecule has 0 saturated carbocycles. The quantitative estimate of drug-likeness (QED) is 0.0363. The largest absolute Gasteiger partial charge is 0.394 e. The van der Waals surface area contributed by atoms with Crippen LogP contribution < -0.4 is 5.32 Å². The summed E-state index contributed by atoms with van der Waals surface area (Å²) in [6.07, 6.45) is 64.2. The highest BCUT2D eigenvalue weighted by Gasteiger charge is 2.26. The van der Waals surface area contributed by atoms with Crippen LogP contribution in [0.2, 0.25) is 0 Å². The van der Waals surface area contributed by atoms with Gasteiger partial charge in [0, 0.05) is 6.42 Å². The predicted octanol–water partition coefficient (Wildman–Crippen LogP) is 15.7. The maximum absolute atomic E-state index is 12.4. The van der Waals surface area contributed by atoms with Crippen LogP contribution in [0.5, 0.6) is 0 Å². The minimum Gasteiger partial charge on any atom is -0.394 e. The van der Waals surface area contributed by atoms with E-state index in [9.17, 15) is 20.1 Å². The Bertz CT molecular complexity index is 958. The van der Waals surface area contributed by atoms with Crippen molar-refractivity contribution < 1.29 is 20.1 Å². The van der Waals surface area contributed by atoms with E-state index in [4.69, 9.17) is 0 Å². The van der Waals surface area contributed by atoms with E-state index in [-0.39, 0.29) is 12.5 Å². The summed E-state index contributed by atoms with van der Waals surface area (Å²) in [5.41, 5.74) is 0. The van der Waals surface area contributed by atoms with Crippen molar-refractivity contribution in [3.63, 3.8) is 0 Å². The lowest BCUT2D eigenvalue weighted by Crippen LogP contribution is -2.50. The van der Waals surface area contributed by atoms with Crippen molar-refractivity contribution in [3.05, 3.63) is 48.6 Å². The molecule has 0 aromatic rings. The smallest absolute Gasteiger partial charge is 0.220 e. The van der Waals surface area contributed by atoms with Gasteiger partial charge in [0.25, 0.3) is 0 Å². The van der Waals surface area contributed by atoms with Crippen LogP contribution >= 0.6 is 0 Å². The monoisotopic (exact) mass is 828 g/mol.